The van der Waals surface area contributed by atoms with Gasteiger partial charge in [-0.05, 0) is 64.9 Å². The second-order valence-corrected chi connectivity index (χ2v) is 7.97. The third-order valence-electron chi connectivity index (χ3n) is 5.76. The number of allylic oxidation sites excluding steroid dienone is 1. The van der Waals surface area contributed by atoms with Crippen LogP contribution in [0.4, 0.5) is 22.0 Å². The predicted octanol–water partition coefficient (Wildman–Crippen LogP) is 8.83. The minimum Gasteiger partial charge on any atom is -0.246 e. The van der Waals surface area contributed by atoms with E-state index >= 15 is 0 Å². The molecule has 0 saturated carbocycles. The molecule has 5 heteroatoms. The summed E-state index contributed by atoms with van der Waals surface area (Å²) in [6.07, 6.45) is 3.62. The maximum Gasteiger partial charge on any atom is 0.132 e. The first-order valence-corrected chi connectivity index (χ1v) is 10.7. The maximum absolute atomic E-state index is 14.9. The van der Waals surface area contributed by atoms with Crippen LogP contribution in [-0.2, 0) is 13.1 Å². The van der Waals surface area contributed by atoms with Crippen molar-refractivity contribution in [3.63, 3.8) is 0 Å². The van der Waals surface area contributed by atoms with Crippen LogP contribution in [0.15, 0.2) is 85.5 Å². The first-order chi connectivity index (χ1) is 16.4. The van der Waals surface area contributed by atoms with Gasteiger partial charge in [-0.15, -0.1) is 6.58 Å². The Labute approximate surface area is 195 Å². The third kappa shape index (κ3) is 4.79. The summed E-state index contributed by atoms with van der Waals surface area (Å²) in [6, 6.07) is 18.2. The van der Waals surface area contributed by atoms with Gasteiger partial charge in [0.05, 0.1) is 5.56 Å². The lowest BCUT2D eigenvalue weighted by atomic mass is 9.96. The van der Waals surface area contributed by atoms with Crippen molar-refractivity contribution in [2.24, 2.45) is 0 Å². The SMILES string of the molecule is C=CCCc1ccc(-c2ccc(-c3ccc(-c4cc(F)c(CF)c(F)c4)c(F)c3)c(F)c2)cc1. The summed E-state index contributed by atoms with van der Waals surface area (Å²) < 4.78 is 70.4. The van der Waals surface area contributed by atoms with Gasteiger partial charge < -0.3 is 0 Å². The Morgan fingerprint density at radius 1 is 0.588 bits per heavy atom. The van der Waals surface area contributed by atoms with E-state index in [2.05, 4.69) is 6.58 Å². The van der Waals surface area contributed by atoms with Crippen molar-refractivity contribution in [1.29, 1.82) is 0 Å². The highest BCUT2D eigenvalue weighted by molar-refractivity contribution is 5.74. The smallest absolute Gasteiger partial charge is 0.132 e. The maximum atomic E-state index is 14.9. The number of benzene rings is 4. The van der Waals surface area contributed by atoms with Crippen LogP contribution >= 0.6 is 0 Å². The topological polar surface area (TPSA) is 0 Å². The lowest BCUT2D eigenvalue weighted by Crippen LogP contribution is -1.96. The molecule has 0 saturated heterocycles. The Kier molecular flexibility index (Phi) is 6.92. The van der Waals surface area contributed by atoms with Gasteiger partial charge in [-0.2, -0.15) is 0 Å². The number of hydrogen-bond donors (Lipinski definition) is 0. The van der Waals surface area contributed by atoms with E-state index in [1.54, 1.807) is 12.1 Å². The molecule has 0 bridgehead atoms. The van der Waals surface area contributed by atoms with E-state index in [1.807, 2.05) is 30.3 Å². The zero-order chi connectivity index (χ0) is 24.2. The number of alkyl halides is 1. The van der Waals surface area contributed by atoms with Gasteiger partial charge in [0.1, 0.15) is 29.9 Å². The van der Waals surface area contributed by atoms with Crippen molar-refractivity contribution in [2.75, 3.05) is 0 Å². The number of aryl methyl sites for hydroxylation is 1. The monoisotopic (exact) mass is 464 g/mol. The predicted molar refractivity (Wildman–Crippen MR) is 126 cm³/mol. The molecule has 0 nitrogen and oxygen atoms in total. The van der Waals surface area contributed by atoms with Crippen LogP contribution in [0.2, 0.25) is 0 Å². The molecular formula is C29H21F5. The van der Waals surface area contributed by atoms with Gasteiger partial charge in [0.25, 0.3) is 0 Å². The Bertz CT molecular complexity index is 1320. The van der Waals surface area contributed by atoms with Crippen molar-refractivity contribution >= 4 is 0 Å². The Balaban J connectivity index is 1.62. The second-order valence-electron chi connectivity index (χ2n) is 7.97. The van der Waals surface area contributed by atoms with Crippen LogP contribution in [0.3, 0.4) is 0 Å². The minimum absolute atomic E-state index is 0.0661. The molecule has 0 spiro atoms. The molecule has 0 aromatic heterocycles. The highest BCUT2D eigenvalue weighted by Crippen LogP contribution is 2.33. The normalized spacial score (nSPS) is 11.0. The summed E-state index contributed by atoms with van der Waals surface area (Å²) >= 11 is 0. The fourth-order valence-corrected chi connectivity index (χ4v) is 3.86. The molecule has 4 aromatic rings. The number of rotatable bonds is 7. The van der Waals surface area contributed by atoms with Gasteiger partial charge in [-0.25, -0.2) is 22.0 Å². The summed E-state index contributed by atoms with van der Waals surface area (Å²) in [5.41, 5.74) is 2.35. The van der Waals surface area contributed by atoms with Gasteiger partial charge in [0, 0.05) is 11.1 Å². The van der Waals surface area contributed by atoms with E-state index in [0.29, 0.717) is 5.56 Å². The van der Waals surface area contributed by atoms with Crippen LogP contribution in [0.5, 0.6) is 0 Å². The van der Waals surface area contributed by atoms with E-state index in [4.69, 9.17) is 0 Å². The average Bonchev–Trinajstić information content (AvgIpc) is 2.82. The molecule has 4 aromatic carbocycles. The fraction of sp³-hybridized carbons (Fsp3) is 0.103. The van der Waals surface area contributed by atoms with Gasteiger partial charge in [-0.3, -0.25) is 0 Å². The molecule has 0 aliphatic carbocycles. The molecule has 0 heterocycles. The Morgan fingerprint density at radius 3 is 1.65 bits per heavy atom. The van der Waals surface area contributed by atoms with Gasteiger partial charge >= 0.3 is 0 Å². The largest absolute Gasteiger partial charge is 0.246 e. The van der Waals surface area contributed by atoms with Crippen LogP contribution in [0.25, 0.3) is 33.4 Å². The Morgan fingerprint density at radius 2 is 1.09 bits per heavy atom. The molecule has 172 valence electrons. The molecule has 0 aliphatic heterocycles. The summed E-state index contributed by atoms with van der Waals surface area (Å²) in [7, 11) is 0. The van der Waals surface area contributed by atoms with Crippen molar-refractivity contribution in [1.82, 2.24) is 0 Å². The highest BCUT2D eigenvalue weighted by atomic mass is 19.2. The number of halogens is 5. The van der Waals surface area contributed by atoms with Crippen molar-refractivity contribution in [3.05, 3.63) is 120 Å². The molecule has 34 heavy (non-hydrogen) atoms. The molecule has 0 aliphatic rings. The summed E-state index contributed by atoms with van der Waals surface area (Å²) in [5.74, 6) is -3.47. The lowest BCUT2D eigenvalue weighted by Gasteiger charge is -2.11. The van der Waals surface area contributed by atoms with Crippen LogP contribution in [0.1, 0.15) is 17.5 Å². The van der Waals surface area contributed by atoms with E-state index in [-0.39, 0.29) is 22.3 Å². The van der Waals surface area contributed by atoms with Crippen molar-refractivity contribution < 1.29 is 22.0 Å². The quantitative estimate of drug-likeness (QED) is 0.189. The summed E-state index contributed by atoms with van der Waals surface area (Å²) in [4.78, 5) is 0. The van der Waals surface area contributed by atoms with E-state index in [0.717, 1.165) is 42.2 Å². The molecule has 0 unspecified atom stereocenters. The number of hydrogen-bond acceptors (Lipinski definition) is 0. The first-order valence-electron chi connectivity index (χ1n) is 10.7. The average molecular weight is 464 g/mol. The summed E-state index contributed by atoms with van der Waals surface area (Å²) in [5, 5.41) is 0. The lowest BCUT2D eigenvalue weighted by molar-refractivity contribution is 0.440. The highest BCUT2D eigenvalue weighted by Gasteiger charge is 2.16. The van der Waals surface area contributed by atoms with E-state index in [1.165, 1.54) is 18.2 Å². The second kappa shape index (κ2) is 10.0. The van der Waals surface area contributed by atoms with Gasteiger partial charge in [0.15, 0.2) is 0 Å². The first kappa shape index (κ1) is 23.4. The molecule has 0 radical (unpaired) electrons. The van der Waals surface area contributed by atoms with Crippen LogP contribution in [0, 0.1) is 23.3 Å². The van der Waals surface area contributed by atoms with E-state index in [9.17, 15) is 22.0 Å². The van der Waals surface area contributed by atoms with Crippen molar-refractivity contribution in [2.45, 2.75) is 19.5 Å². The van der Waals surface area contributed by atoms with Crippen molar-refractivity contribution in [3.8, 4) is 33.4 Å². The van der Waals surface area contributed by atoms with E-state index < -0.39 is 35.5 Å². The zero-order valence-electron chi connectivity index (χ0n) is 18.2. The Hall–Kier alpha value is -3.73. The minimum atomic E-state index is -1.30. The van der Waals surface area contributed by atoms with Crippen LogP contribution < -0.4 is 0 Å². The molecule has 0 N–H and O–H groups in total. The third-order valence-corrected chi connectivity index (χ3v) is 5.76. The molecule has 0 fully saturated rings. The molecular weight excluding hydrogens is 443 g/mol. The summed E-state index contributed by atoms with van der Waals surface area (Å²) in [6.45, 7) is 2.42. The molecule has 4 rings (SSSR count). The zero-order valence-corrected chi connectivity index (χ0v) is 18.2. The van der Waals surface area contributed by atoms with Crippen LogP contribution in [-0.4, -0.2) is 0 Å². The standard InChI is InChI=1S/C29H21F5/c1-2-3-4-18-5-7-19(8-6-18)20-9-11-23(26(31)13-20)21-10-12-24(27(32)14-21)22-15-28(33)25(17-30)29(34)16-22/h2,5-16H,1,3-4,17H2. The molecule has 0 amide bonds. The van der Waals surface area contributed by atoms with Gasteiger partial charge in [0.2, 0.25) is 0 Å². The fourth-order valence-electron chi connectivity index (χ4n) is 3.86. The van der Waals surface area contributed by atoms with Gasteiger partial charge in [-0.1, -0.05) is 54.6 Å². The molecule has 0 atom stereocenters.